The van der Waals surface area contributed by atoms with E-state index in [0.717, 1.165) is 17.7 Å². The zero-order valence-corrected chi connectivity index (χ0v) is 14.5. The topological polar surface area (TPSA) is 20.3 Å². The highest BCUT2D eigenvalue weighted by molar-refractivity contribution is 6.32. The van der Waals surface area contributed by atoms with Crippen LogP contribution in [0.2, 0.25) is 5.02 Å². The van der Waals surface area contributed by atoms with E-state index in [1.165, 1.54) is 29.2 Å². The van der Waals surface area contributed by atoms with Crippen molar-refractivity contribution in [2.24, 2.45) is 0 Å². The standard InChI is InChI=1S/C19H14ClF4NO/c1-2-11-10-25(14-6-7-16(20)15(9-14)19(22,23)24)18(26)17(11)12-4-3-5-13(21)8-12/h3-9H,2,10H2,1H3. The predicted octanol–water partition coefficient (Wildman–Crippen LogP) is 5.71. The number of hydrogen-bond donors (Lipinski definition) is 0. The number of carbonyl (C=O) groups excluding carboxylic acids is 1. The summed E-state index contributed by atoms with van der Waals surface area (Å²) in [6, 6.07) is 8.97. The average Bonchev–Trinajstić information content (AvgIpc) is 2.91. The third-order valence-electron chi connectivity index (χ3n) is 4.27. The number of carbonyl (C=O) groups is 1. The molecule has 0 saturated heterocycles. The van der Waals surface area contributed by atoms with Crippen molar-refractivity contribution in [3.05, 3.63) is 70.0 Å². The van der Waals surface area contributed by atoms with Crippen LogP contribution in [0.4, 0.5) is 23.2 Å². The fraction of sp³-hybridized carbons (Fsp3) is 0.211. The van der Waals surface area contributed by atoms with Gasteiger partial charge in [0, 0.05) is 17.8 Å². The maximum Gasteiger partial charge on any atom is 0.417 e. The molecule has 7 heteroatoms. The van der Waals surface area contributed by atoms with Crippen molar-refractivity contribution in [3.8, 4) is 0 Å². The molecule has 0 unspecified atom stereocenters. The summed E-state index contributed by atoms with van der Waals surface area (Å²) < 4.78 is 52.8. The summed E-state index contributed by atoms with van der Waals surface area (Å²) in [6.07, 6.45) is -4.10. The van der Waals surface area contributed by atoms with E-state index >= 15 is 0 Å². The van der Waals surface area contributed by atoms with Gasteiger partial charge in [-0.25, -0.2) is 4.39 Å². The summed E-state index contributed by atoms with van der Waals surface area (Å²) in [5.41, 5.74) is 0.588. The largest absolute Gasteiger partial charge is 0.417 e. The molecule has 0 spiro atoms. The summed E-state index contributed by atoms with van der Waals surface area (Å²) in [5.74, 6) is -0.939. The molecule has 0 radical (unpaired) electrons. The van der Waals surface area contributed by atoms with Crippen LogP contribution in [0.15, 0.2) is 48.0 Å². The fourth-order valence-corrected chi connectivity index (χ4v) is 3.22. The molecule has 2 aromatic rings. The van der Waals surface area contributed by atoms with Gasteiger partial charge in [-0.15, -0.1) is 0 Å². The first-order chi connectivity index (χ1) is 12.2. The maximum atomic E-state index is 13.5. The molecule has 2 nitrogen and oxygen atoms in total. The highest BCUT2D eigenvalue weighted by atomic mass is 35.5. The molecule has 3 rings (SSSR count). The van der Waals surface area contributed by atoms with Crippen LogP contribution in [0.25, 0.3) is 5.57 Å². The van der Waals surface area contributed by atoms with E-state index in [9.17, 15) is 22.4 Å². The maximum absolute atomic E-state index is 13.5. The van der Waals surface area contributed by atoms with Gasteiger partial charge in [0.25, 0.3) is 5.91 Å². The third kappa shape index (κ3) is 3.33. The molecule has 1 aliphatic rings. The molecular formula is C19H14ClF4NO. The number of halogens is 5. The van der Waals surface area contributed by atoms with Gasteiger partial charge in [0.1, 0.15) is 5.82 Å². The Bertz CT molecular complexity index is 905. The number of hydrogen-bond acceptors (Lipinski definition) is 1. The van der Waals surface area contributed by atoms with Gasteiger partial charge in [0.2, 0.25) is 0 Å². The van der Waals surface area contributed by atoms with Crippen LogP contribution in [0.1, 0.15) is 24.5 Å². The number of benzene rings is 2. The van der Waals surface area contributed by atoms with Crippen molar-refractivity contribution in [2.45, 2.75) is 19.5 Å². The Labute approximate surface area is 152 Å². The van der Waals surface area contributed by atoms with Crippen molar-refractivity contribution in [1.82, 2.24) is 0 Å². The van der Waals surface area contributed by atoms with Gasteiger partial charge in [0.15, 0.2) is 0 Å². The van der Waals surface area contributed by atoms with Gasteiger partial charge < -0.3 is 4.90 Å². The molecule has 0 aromatic heterocycles. The molecule has 0 aliphatic carbocycles. The van der Waals surface area contributed by atoms with E-state index in [-0.39, 0.29) is 12.2 Å². The lowest BCUT2D eigenvalue weighted by Gasteiger charge is -2.19. The van der Waals surface area contributed by atoms with Gasteiger partial charge in [-0.2, -0.15) is 13.2 Å². The monoisotopic (exact) mass is 383 g/mol. The lowest BCUT2D eigenvalue weighted by Crippen LogP contribution is -2.27. The normalized spacial score (nSPS) is 15.2. The van der Waals surface area contributed by atoms with E-state index in [1.807, 2.05) is 6.92 Å². The summed E-state index contributed by atoms with van der Waals surface area (Å²) in [7, 11) is 0. The second-order valence-electron chi connectivity index (χ2n) is 5.90. The third-order valence-corrected chi connectivity index (χ3v) is 4.60. The smallest absolute Gasteiger partial charge is 0.304 e. The first-order valence-electron chi connectivity index (χ1n) is 7.89. The van der Waals surface area contributed by atoms with Crippen LogP contribution in [0, 0.1) is 5.82 Å². The lowest BCUT2D eigenvalue weighted by molar-refractivity contribution is -0.137. The van der Waals surface area contributed by atoms with Crippen LogP contribution in [-0.2, 0) is 11.0 Å². The zero-order chi connectivity index (χ0) is 19.1. The average molecular weight is 384 g/mol. The summed E-state index contributed by atoms with van der Waals surface area (Å²) in [6.45, 7) is 1.99. The molecule has 26 heavy (non-hydrogen) atoms. The Kier molecular flexibility index (Phi) is 4.80. The van der Waals surface area contributed by atoms with Gasteiger partial charge in [-0.3, -0.25) is 4.79 Å². The molecule has 1 aliphatic heterocycles. The van der Waals surface area contributed by atoms with Gasteiger partial charge >= 0.3 is 6.18 Å². The number of alkyl halides is 3. The number of anilines is 1. The minimum Gasteiger partial charge on any atom is -0.304 e. The van der Waals surface area contributed by atoms with Gasteiger partial charge in [-0.1, -0.05) is 30.7 Å². The van der Waals surface area contributed by atoms with Crippen molar-refractivity contribution in [3.63, 3.8) is 0 Å². The molecule has 0 atom stereocenters. The minimum absolute atomic E-state index is 0.101. The SMILES string of the molecule is CCC1=C(c2cccc(F)c2)C(=O)N(c2ccc(Cl)c(C(F)(F)F)c2)C1. The molecule has 0 saturated carbocycles. The zero-order valence-electron chi connectivity index (χ0n) is 13.7. The van der Waals surface area contributed by atoms with E-state index < -0.39 is 28.5 Å². The van der Waals surface area contributed by atoms with Crippen molar-refractivity contribution in [1.29, 1.82) is 0 Å². The number of amides is 1. The number of nitrogens with zero attached hydrogens (tertiary/aromatic N) is 1. The van der Waals surface area contributed by atoms with Gasteiger partial charge in [0.05, 0.1) is 10.6 Å². The first-order valence-corrected chi connectivity index (χ1v) is 8.26. The summed E-state index contributed by atoms with van der Waals surface area (Å²) >= 11 is 5.65. The molecule has 0 fully saturated rings. The van der Waals surface area contributed by atoms with Crippen molar-refractivity contribution >= 4 is 28.8 Å². The second kappa shape index (κ2) is 6.76. The van der Waals surface area contributed by atoms with Gasteiger partial charge in [-0.05, 0) is 47.9 Å². The van der Waals surface area contributed by atoms with Crippen LogP contribution in [0.5, 0.6) is 0 Å². The number of rotatable bonds is 3. The van der Waals surface area contributed by atoms with Crippen LogP contribution < -0.4 is 4.90 Å². The Morgan fingerprint density at radius 1 is 1.15 bits per heavy atom. The van der Waals surface area contributed by atoms with E-state index in [0.29, 0.717) is 17.6 Å². The molecule has 1 heterocycles. The Balaban J connectivity index is 2.02. The Hall–Kier alpha value is -2.34. The van der Waals surface area contributed by atoms with E-state index in [2.05, 4.69) is 0 Å². The van der Waals surface area contributed by atoms with Crippen LogP contribution in [-0.4, -0.2) is 12.5 Å². The molecule has 2 aromatic carbocycles. The quantitative estimate of drug-likeness (QED) is 0.622. The molecule has 0 bridgehead atoms. The predicted molar refractivity (Wildman–Crippen MR) is 92.4 cm³/mol. The van der Waals surface area contributed by atoms with E-state index in [1.54, 1.807) is 6.07 Å². The van der Waals surface area contributed by atoms with Crippen molar-refractivity contribution in [2.75, 3.05) is 11.4 Å². The van der Waals surface area contributed by atoms with Crippen molar-refractivity contribution < 1.29 is 22.4 Å². The summed E-state index contributed by atoms with van der Waals surface area (Å²) in [5, 5.41) is -0.429. The summed E-state index contributed by atoms with van der Waals surface area (Å²) in [4.78, 5) is 14.1. The fourth-order valence-electron chi connectivity index (χ4n) is 3.00. The molecule has 1 amide bonds. The molecule has 0 N–H and O–H groups in total. The Morgan fingerprint density at radius 2 is 1.88 bits per heavy atom. The lowest BCUT2D eigenvalue weighted by atomic mass is 10.0. The highest BCUT2D eigenvalue weighted by Crippen LogP contribution is 2.39. The Morgan fingerprint density at radius 3 is 2.50 bits per heavy atom. The van der Waals surface area contributed by atoms with Crippen LogP contribution in [0.3, 0.4) is 0 Å². The second-order valence-corrected chi connectivity index (χ2v) is 6.30. The highest BCUT2D eigenvalue weighted by Gasteiger charge is 2.36. The first kappa shape index (κ1) is 18.5. The van der Waals surface area contributed by atoms with Crippen LogP contribution >= 0.6 is 11.6 Å². The molecular weight excluding hydrogens is 370 g/mol. The molecule has 136 valence electrons. The van der Waals surface area contributed by atoms with E-state index in [4.69, 9.17) is 11.6 Å². The minimum atomic E-state index is -4.62.